The number of amides is 1. The summed E-state index contributed by atoms with van der Waals surface area (Å²) in [6, 6.07) is 7.28. The Bertz CT molecular complexity index is 656. The van der Waals surface area contributed by atoms with Crippen LogP contribution < -0.4 is 4.74 Å². The summed E-state index contributed by atoms with van der Waals surface area (Å²) >= 11 is 6.08. The normalized spacial score (nSPS) is 25.0. The number of hydrogen-bond acceptors (Lipinski definition) is 5. The lowest BCUT2D eigenvalue weighted by atomic mass is 9.92. The van der Waals surface area contributed by atoms with Crippen molar-refractivity contribution in [1.29, 1.82) is 0 Å². The van der Waals surface area contributed by atoms with Gasteiger partial charge in [0.1, 0.15) is 18.5 Å². The third kappa shape index (κ3) is 6.85. The van der Waals surface area contributed by atoms with E-state index in [1.165, 1.54) is 6.42 Å². The molecule has 7 heteroatoms. The third-order valence-corrected chi connectivity index (χ3v) is 6.09. The minimum atomic E-state index is -0.573. The van der Waals surface area contributed by atoms with Gasteiger partial charge < -0.3 is 14.7 Å². The summed E-state index contributed by atoms with van der Waals surface area (Å²) in [6.07, 6.45) is 0.640. The number of hydrogen-bond donors (Lipinski definition) is 1. The number of likely N-dealkylation sites (tertiary alicyclic amines) is 1. The molecule has 2 saturated heterocycles. The lowest BCUT2D eigenvalue weighted by Gasteiger charge is -2.38. The lowest BCUT2D eigenvalue weighted by molar-refractivity contribution is -0.135. The first kappa shape index (κ1) is 22.3. The molecule has 0 aromatic heterocycles. The molecule has 6 nitrogen and oxygen atoms in total. The number of halogens is 1. The van der Waals surface area contributed by atoms with Crippen molar-refractivity contribution in [3.8, 4) is 5.75 Å². The smallest absolute Gasteiger partial charge is 0.236 e. The second-order valence-electron chi connectivity index (χ2n) is 8.72. The number of carbonyl (C=O) groups excluding carboxylic acids is 1. The molecule has 0 radical (unpaired) electrons. The maximum atomic E-state index is 12.7. The Morgan fingerprint density at radius 1 is 1.14 bits per heavy atom. The molecule has 2 aliphatic heterocycles. The summed E-state index contributed by atoms with van der Waals surface area (Å²) in [7, 11) is 0. The van der Waals surface area contributed by atoms with E-state index in [0.29, 0.717) is 35.7 Å². The van der Waals surface area contributed by atoms with Gasteiger partial charge in [-0.2, -0.15) is 0 Å². The highest BCUT2D eigenvalue weighted by Gasteiger charge is 2.27. The third-order valence-electron chi connectivity index (χ3n) is 5.78. The number of para-hydroxylation sites is 1. The molecule has 3 unspecified atom stereocenters. The van der Waals surface area contributed by atoms with Crippen molar-refractivity contribution in [1.82, 2.24) is 14.7 Å². The number of β-amino-alcohol motifs (C(OH)–C–C–N with tert-alkyl or cyclic N) is 1. The molecule has 1 N–H and O–H groups in total. The van der Waals surface area contributed by atoms with Gasteiger partial charge in [0.15, 0.2) is 0 Å². The Morgan fingerprint density at radius 3 is 2.41 bits per heavy atom. The Hall–Kier alpha value is -1.34. The summed E-state index contributed by atoms with van der Waals surface area (Å²) in [5.74, 6) is 2.03. The van der Waals surface area contributed by atoms with Gasteiger partial charge >= 0.3 is 0 Å². The van der Waals surface area contributed by atoms with Gasteiger partial charge in [-0.25, -0.2) is 0 Å². The second kappa shape index (κ2) is 10.6. The van der Waals surface area contributed by atoms with Crippen molar-refractivity contribution in [3.05, 3.63) is 29.3 Å². The van der Waals surface area contributed by atoms with Crippen LogP contribution in [0.5, 0.6) is 5.75 Å². The molecule has 1 aromatic rings. The van der Waals surface area contributed by atoms with Crippen LogP contribution in [-0.4, -0.2) is 90.8 Å². The molecule has 0 saturated carbocycles. The van der Waals surface area contributed by atoms with Gasteiger partial charge in [0.2, 0.25) is 5.91 Å². The number of aliphatic hydroxyl groups is 1. The number of piperazine rings is 1. The van der Waals surface area contributed by atoms with Crippen LogP contribution in [0.1, 0.15) is 20.3 Å². The Balaban J connectivity index is 1.35. The van der Waals surface area contributed by atoms with Crippen LogP contribution in [-0.2, 0) is 4.79 Å². The first-order valence-corrected chi connectivity index (χ1v) is 11.1. The molecule has 0 aliphatic carbocycles. The van der Waals surface area contributed by atoms with E-state index in [4.69, 9.17) is 16.3 Å². The summed E-state index contributed by atoms with van der Waals surface area (Å²) in [5.41, 5.74) is 0. The molecule has 2 aliphatic rings. The SMILES string of the molecule is CC1CC(C)CN(C(=O)CN2CCN(CC(O)COc3ccccc3Cl)CC2)C1. The van der Waals surface area contributed by atoms with Crippen LogP contribution in [0.25, 0.3) is 0 Å². The Kier molecular flexibility index (Phi) is 8.18. The minimum absolute atomic E-state index is 0.216. The molecule has 162 valence electrons. The van der Waals surface area contributed by atoms with Crippen molar-refractivity contribution >= 4 is 17.5 Å². The average Bonchev–Trinajstić information content (AvgIpc) is 2.68. The van der Waals surface area contributed by atoms with E-state index in [-0.39, 0.29) is 12.5 Å². The number of ether oxygens (including phenoxy) is 1. The van der Waals surface area contributed by atoms with E-state index in [0.717, 1.165) is 39.3 Å². The number of aliphatic hydroxyl groups excluding tert-OH is 1. The molecule has 2 heterocycles. The largest absolute Gasteiger partial charge is 0.489 e. The van der Waals surface area contributed by atoms with Gasteiger partial charge in [0.25, 0.3) is 0 Å². The van der Waals surface area contributed by atoms with Crippen LogP contribution in [0.15, 0.2) is 24.3 Å². The van der Waals surface area contributed by atoms with Crippen LogP contribution >= 0.6 is 11.6 Å². The van der Waals surface area contributed by atoms with E-state index in [1.807, 2.05) is 17.0 Å². The van der Waals surface area contributed by atoms with Crippen molar-refractivity contribution in [2.24, 2.45) is 11.8 Å². The molecule has 0 spiro atoms. The molecule has 3 atom stereocenters. The van der Waals surface area contributed by atoms with Crippen molar-refractivity contribution in [3.63, 3.8) is 0 Å². The van der Waals surface area contributed by atoms with Crippen LogP contribution in [0.2, 0.25) is 5.02 Å². The van der Waals surface area contributed by atoms with Gasteiger partial charge in [-0.15, -0.1) is 0 Å². The predicted molar refractivity (Wildman–Crippen MR) is 115 cm³/mol. The van der Waals surface area contributed by atoms with Crippen LogP contribution in [0, 0.1) is 11.8 Å². The monoisotopic (exact) mass is 423 g/mol. The summed E-state index contributed by atoms with van der Waals surface area (Å²) in [5, 5.41) is 10.9. The highest BCUT2D eigenvalue weighted by Crippen LogP contribution is 2.23. The number of nitrogens with zero attached hydrogens (tertiary/aromatic N) is 3. The van der Waals surface area contributed by atoms with Gasteiger partial charge in [-0.3, -0.25) is 14.6 Å². The molecular weight excluding hydrogens is 390 g/mol. The number of benzene rings is 1. The zero-order valence-corrected chi connectivity index (χ0v) is 18.4. The van der Waals surface area contributed by atoms with Crippen LogP contribution in [0.3, 0.4) is 0 Å². The average molecular weight is 424 g/mol. The molecule has 1 aromatic carbocycles. The molecular formula is C22H34ClN3O3. The standard InChI is InChI=1S/C22H34ClN3O3/c1-17-11-18(2)13-26(12-17)22(28)15-25-9-7-24(8-10-25)14-19(27)16-29-21-6-4-3-5-20(21)23/h3-6,17-19,27H,7-16H2,1-2H3. The maximum Gasteiger partial charge on any atom is 0.236 e. The van der Waals surface area contributed by atoms with Crippen LogP contribution in [0.4, 0.5) is 0 Å². The van der Waals surface area contributed by atoms with Gasteiger partial charge in [-0.1, -0.05) is 37.6 Å². The highest BCUT2D eigenvalue weighted by atomic mass is 35.5. The summed E-state index contributed by atoms with van der Waals surface area (Å²) in [4.78, 5) is 19.2. The summed E-state index contributed by atoms with van der Waals surface area (Å²) in [6.45, 7) is 10.9. The first-order valence-electron chi connectivity index (χ1n) is 10.7. The molecule has 29 heavy (non-hydrogen) atoms. The van der Waals surface area contributed by atoms with Gasteiger partial charge in [-0.05, 0) is 30.4 Å². The van der Waals surface area contributed by atoms with Crippen molar-refractivity contribution in [2.75, 3.05) is 59.0 Å². The molecule has 0 bridgehead atoms. The maximum absolute atomic E-state index is 12.7. The number of carbonyl (C=O) groups is 1. The van der Waals surface area contributed by atoms with E-state index in [9.17, 15) is 9.90 Å². The highest BCUT2D eigenvalue weighted by molar-refractivity contribution is 6.32. The van der Waals surface area contributed by atoms with Gasteiger partial charge in [0, 0.05) is 45.8 Å². The fraction of sp³-hybridized carbons (Fsp3) is 0.682. The van der Waals surface area contributed by atoms with Crippen molar-refractivity contribution in [2.45, 2.75) is 26.4 Å². The molecule has 1 amide bonds. The van der Waals surface area contributed by atoms with E-state index in [1.54, 1.807) is 12.1 Å². The quantitative estimate of drug-likeness (QED) is 0.728. The predicted octanol–water partition coefficient (Wildman–Crippen LogP) is 2.20. The van der Waals surface area contributed by atoms with E-state index >= 15 is 0 Å². The second-order valence-corrected chi connectivity index (χ2v) is 9.12. The van der Waals surface area contributed by atoms with Gasteiger partial charge in [0.05, 0.1) is 11.6 Å². The zero-order chi connectivity index (χ0) is 20.8. The van der Waals surface area contributed by atoms with E-state index < -0.39 is 6.10 Å². The molecule has 2 fully saturated rings. The minimum Gasteiger partial charge on any atom is -0.489 e. The zero-order valence-electron chi connectivity index (χ0n) is 17.6. The van der Waals surface area contributed by atoms with Crippen molar-refractivity contribution < 1.29 is 14.6 Å². The van der Waals surface area contributed by atoms with E-state index in [2.05, 4.69) is 23.6 Å². The first-order chi connectivity index (χ1) is 13.9. The Labute approximate surface area is 179 Å². The number of piperidine rings is 1. The summed E-state index contributed by atoms with van der Waals surface area (Å²) < 4.78 is 5.63. The Morgan fingerprint density at radius 2 is 1.76 bits per heavy atom. The fourth-order valence-electron chi connectivity index (χ4n) is 4.39. The lowest BCUT2D eigenvalue weighted by Crippen LogP contribution is -2.53. The fourth-order valence-corrected chi connectivity index (χ4v) is 4.58. The topological polar surface area (TPSA) is 56.3 Å². The molecule has 3 rings (SSSR count). The number of rotatable bonds is 7.